The Kier molecular flexibility index (Phi) is 5.05. The second-order valence-electron chi connectivity index (χ2n) is 5.68. The maximum absolute atomic E-state index is 11.6. The zero-order valence-electron chi connectivity index (χ0n) is 13.1. The van der Waals surface area contributed by atoms with Crippen LogP contribution in [0.4, 0.5) is 11.4 Å². The first-order valence-electron chi connectivity index (χ1n) is 7.43. The number of hydrogen-bond donors (Lipinski definition) is 4. The number of hydrogen-bond acceptors (Lipinski definition) is 3. The van der Waals surface area contributed by atoms with Crippen molar-refractivity contribution in [2.45, 2.75) is 19.8 Å². The Labute approximate surface area is 134 Å². The van der Waals surface area contributed by atoms with Crippen molar-refractivity contribution in [3.63, 3.8) is 0 Å². The van der Waals surface area contributed by atoms with Crippen LogP contribution in [0.3, 0.4) is 0 Å². The lowest BCUT2D eigenvalue weighted by Crippen LogP contribution is -2.33. The van der Waals surface area contributed by atoms with Gasteiger partial charge in [0.15, 0.2) is 5.96 Å². The summed E-state index contributed by atoms with van der Waals surface area (Å²) in [7, 11) is 0. The zero-order valence-corrected chi connectivity index (χ0v) is 13.1. The van der Waals surface area contributed by atoms with Gasteiger partial charge in [0.1, 0.15) is 0 Å². The average Bonchev–Trinajstić information content (AvgIpc) is 2.47. The molecular weight excluding hydrogens is 296 g/mol. The maximum atomic E-state index is 11.6. The van der Waals surface area contributed by atoms with E-state index in [1.54, 1.807) is 12.1 Å². The zero-order chi connectivity index (χ0) is 17.0. The molecule has 1 aromatic rings. The number of carboxylic acids is 1. The van der Waals surface area contributed by atoms with Crippen molar-refractivity contribution in [3.05, 3.63) is 23.8 Å². The monoisotopic (exact) mass is 318 g/mol. The molecule has 0 atom stereocenters. The van der Waals surface area contributed by atoms with E-state index in [0.717, 1.165) is 25.9 Å². The molecule has 0 bridgehead atoms. The van der Waals surface area contributed by atoms with E-state index >= 15 is 0 Å². The SMILES string of the molecule is CC1CCN(c2ccc(N=C(N)N=C(N)N)cc2C(=O)O)CC1. The van der Waals surface area contributed by atoms with E-state index < -0.39 is 5.97 Å². The second-order valence-corrected chi connectivity index (χ2v) is 5.68. The number of aromatic carboxylic acids is 1. The van der Waals surface area contributed by atoms with Crippen LogP contribution in [-0.4, -0.2) is 36.1 Å². The van der Waals surface area contributed by atoms with E-state index in [-0.39, 0.29) is 17.5 Å². The van der Waals surface area contributed by atoms with Crippen molar-refractivity contribution in [3.8, 4) is 0 Å². The van der Waals surface area contributed by atoms with Crippen LogP contribution >= 0.6 is 0 Å². The minimum Gasteiger partial charge on any atom is -0.478 e. The molecule has 0 saturated carbocycles. The molecule has 1 fully saturated rings. The van der Waals surface area contributed by atoms with Crippen LogP contribution in [0.5, 0.6) is 0 Å². The fourth-order valence-electron chi connectivity index (χ4n) is 2.58. The predicted octanol–water partition coefficient (Wildman–Crippen LogP) is 0.841. The van der Waals surface area contributed by atoms with Gasteiger partial charge in [-0.05, 0) is 37.0 Å². The molecule has 0 spiro atoms. The molecule has 8 heteroatoms. The van der Waals surface area contributed by atoms with Crippen LogP contribution in [0.15, 0.2) is 28.2 Å². The Morgan fingerprint density at radius 2 is 1.91 bits per heavy atom. The summed E-state index contributed by atoms with van der Waals surface area (Å²) in [5, 5.41) is 9.48. The Balaban J connectivity index is 2.32. The number of piperidine rings is 1. The van der Waals surface area contributed by atoms with Gasteiger partial charge in [-0.2, -0.15) is 4.99 Å². The van der Waals surface area contributed by atoms with Crippen molar-refractivity contribution < 1.29 is 9.90 Å². The first-order valence-corrected chi connectivity index (χ1v) is 7.43. The van der Waals surface area contributed by atoms with Crippen LogP contribution in [0.1, 0.15) is 30.1 Å². The van der Waals surface area contributed by atoms with Gasteiger partial charge in [0.25, 0.3) is 0 Å². The number of nitrogens with zero attached hydrogens (tertiary/aromatic N) is 3. The first-order chi connectivity index (χ1) is 10.9. The third-order valence-electron chi connectivity index (χ3n) is 3.82. The van der Waals surface area contributed by atoms with E-state index in [0.29, 0.717) is 17.3 Å². The van der Waals surface area contributed by atoms with Gasteiger partial charge in [0.05, 0.1) is 16.9 Å². The first kappa shape index (κ1) is 16.6. The highest BCUT2D eigenvalue weighted by atomic mass is 16.4. The number of rotatable bonds is 3. The Bertz CT molecular complexity index is 643. The van der Waals surface area contributed by atoms with Gasteiger partial charge in [0.2, 0.25) is 5.96 Å². The smallest absolute Gasteiger partial charge is 0.337 e. The standard InChI is InChI=1S/C15H22N6O2/c1-9-4-6-21(7-5-9)12-3-2-10(8-11(12)13(22)23)19-15(18)20-14(16)17/h2-3,8-9H,4-7H2,1H3,(H,22,23)(H6,16,17,18,19,20). The molecule has 1 aliphatic heterocycles. The summed E-state index contributed by atoms with van der Waals surface area (Å²) in [6.45, 7) is 3.90. The molecule has 1 heterocycles. The highest BCUT2D eigenvalue weighted by Crippen LogP contribution is 2.29. The lowest BCUT2D eigenvalue weighted by atomic mass is 9.98. The number of carbonyl (C=O) groups is 1. The van der Waals surface area contributed by atoms with Gasteiger partial charge >= 0.3 is 5.97 Å². The third kappa shape index (κ3) is 4.35. The topological polar surface area (TPSA) is 143 Å². The molecule has 1 saturated heterocycles. The van der Waals surface area contributed by atoms with E-state index in [9.17, 15) is 9.90 Å². The fraction of sp³-hybridized carbons (Fsp3) is 0.400. The summed E-state index contributed by atoms with van der Waals surface area (Å²) in [5.74, 6) is -0.663. The van der Waals surface area contributed by atoms with Crippen molar-refractivity contribution in [2.75, 3.05) is 18.0 Å². The largest absolute Gasteiger partial charge is 0.478 e. The summed E-state index contributed by atoms with van der Waals surface area (Å²) in [6, 6.07) is 4.93. The van der Waals surface area contributed by atoms with Crippen molar-refractivity contribution in [2.24, 2.45) is 33.1 Å². The molecular formula is C15H22N6O2. The summed E-state index contributed by atoms with van der Waals surface area (Å²) in [5.41, 5.74) is 17.3. The lowest BCUT2D eigenvalue weighted by molar-refractivity contribution is 0.0697. The molecule has 0 aromatic heterocycles. The number of aliphatic imine (C=N–C) groups is 2. The minimum atomic E-state index is -1.00. The number of guanidine groups is 2. The average molecular weight is 318 g/mol. The van der Waals surface area contributed by atoms with Gasteiger partial charge in [-0.15, -0.1) is 0 Å². The highest BCUT2D eigenvalue weighted by molar-refractivity contribution is 5.97. The number of anilines is 1. The van der Waals surface area contributed by atoms with Crippen LogP contribution in [0.25, 0.3) is 0 Å². The summed E-state index contributed by atoms with van der Waals surface area (Å²) < 4.78 is 0. The van der Waals surface area contributed by atoms with Gasteiger partial charge in [0, 0.05) is 13.1 Å². The van der Waals surface area contributed by atoms with Crippen LogP contribution in [0, 0.1) is 5.92 Å². The minimum absolute atomic E-state index is 0.124. The van der Waals surface area contributed by atoms with Gasteiger partial charge < -0.3 is 27.2 Å². The van der Waals surface area contributed by atoms with Crippen molar-refractivity contribution in [1.29, 1.82) is 0 Å². The normalized spacial score (nSPS) is 16.2. The molecule has 124 valence electrons. The van der Waals surface area contributed by atoms with E-state index in [2.05, 4.69) is 21.8 Å². The van der Waals surface area contributed by atoms with Crippen molar-refractivity contribution in [1.82, 2.24) is 0 Å². The van der Waals surface area contributed by atoms with E-state index in [1.165, 1.54) is 6.07 Å². The van der Waals surface area contributed by atoms with Gasteiger partial charge in [-0.3, -0.25) is 0 Å². The van der Waals surface area contributed by atoms with Gasteiger partial charge in [-0.1, -0.05) is 6.92 Å². The van der Waals surface area contributed by atoms with E-state index in [1.807, 2.05) is 0 Å². The molecule has 2 rings (SSSR count). The van der Waals surface area contributed by atoms with Crippen LogP contribution in [0.2, 0.25) is 0 Å². The predicted molar refractivity (Wildman–Crippen MR) is 91.1 cm³/mol. The Morgan fingerprint density at radius 1 is 1.26 bits per heavy atom. The summed E-state index contributed by atoms with van der Waals surface area (Å²) in [4.78, 5) is 21.3. The molecule has 23 heavy (non-hydrogen) atoms. The third-order valence-corrected chi connectivity index (χ3v) is 3.82. The highest BCUT2D eigenvalue weighted by Gasteiger charge is 2.21. The second kappa shape index (κ2) is 6.99. The van der Waals surface area contributed by atoms with Crippen LogP contribution < -0.4 is 22.1 Å². The van der Waals surface area contributed by atoms with Crippen molar-refractivity contribution >= 4 is 29.3 Å². The molecule has 0 aliphatic carbocycles. The molecule has 7 N–H and O–H groups in total. The molecule has 0 radical (unpaired) electrons. The van der Waals surface area contributed by atoms with Gasteiger partial charge in [-0.25, -0.2) is 9.79 Å². The Hall–Kier alpha value is -2.77. The molecule has 8 nitrogen and oxygen atoms in total. The molecule has 1 aliphatic rings. The Morgan fingerprint density at radius 3 is 2.48 bits per heavy atom. The fourth-order valence-corrected chi connectivity index (χ4v) is 2.58. The number of carboxylic acid groups (broad SMARTS) is 1. The van der Waals surface area contributed by atoms with Crippen LogP contribution in [-0.2, 0) is 0 Å². The molecule has 0 unspecified atom stereocenters. The number of benzene rings is 1. The molecule has 0 amide bonds. The lowest BCUT2D eigenvalue weighted by Gasteiger charge is -2.33. The summed E-state index contributed by atoms with van der Waals surface area (Å²) >= 11 is 0. The summed E-state index contributed by atoms with van der Waals surface area (Å²) in [6.07, 6.45) is 2.10. The van der Waals surface area contributed by atoms with E-state index in [4.69, 9.17) is 17.2 Å². The number of nitrogens with two attached hydrogens (primary N) is 3. The molecule has 1 aromatic carbocycles. The maximum Gasteiger partial charge on any atom is 0.337 e. The quantitative estimate of drug-likeness (QED) is 0.480.